The van der Waals surface area contributed by atoms with Crippen LogP contribution < -0.4 is 0 Å². The summed E-state index contributed by atoms with van der Waals surface area (Å²) in [7, 11) is 1.49. The highest BCUT2D eigenvalue weighted by atomic mass is 35.5. The molecular weight excluding hydrogens is 397 g/mol. The van der Waals surface area contributed by atoms with E-state index in [1.807, 2.05) is 6.07 Å². The minimum atomic E-state index is -1.03. The summed E-state index contributed by atoms with van der Waals surface area (Å²) in [6, 6.07) is 8.64. The van der Waals surface area contributed by atoms with Gasteiger partial charge >= 0.3 is 6.09 Å². The highest BCUT2D eigenvalue weighted by Crippen LogP contribution is 2.43. The number of thiophene rings is 1. The lowest BCUT2D eigenvalue weighted by molar-refractivity contribution is 0.154. The van der Waals surface area contributed by atoms with Gasteiger partial charge < -0.3 is 10.0 Å². The SMILES string of the molecule is CN(Cc1cc(-c2cccnc2F)c(Sc2ccnc(Cl)c2)s1)C(=O)O. The number of carboxylic acid groups (broad SMARTS) is 1. The molecule has 0 aromatic carbocycles. The fraction of sp³-hybridized carbons (Fsp3) is 0.118. The predicted octanol–water partition coefficient (Wildman–Crippen LogP) is 5.26. The fourth-order valence-corrected chi connectivity index (χ4v) is 4.97. The zero-order valence-electron chi connectivity index (χ0n) is 13.5. The van der Waals surface area contributed by atoms with Crippen molar-refractivity contribution < 1.29 is 14.3 Å². The summed E-state index contributed by atoms with van der Waals surface area (Å²) < 4.78 is 15.0. The molecule has 0 fully saturated rings. The van der Waals surface area contributed by atoms with Crippen molar-refractivity contribution in [3.63, 3.8) is 0 Å². The molecule has 9 heteroatoms. The molecule has 1 amide bonds. The topological polar surface area (TPSA) is 66.3 Å². The predicted molar refractivity (Wildman–Crippen MR) is 100 cm³/mol. The van der Waals surface area contributed by atoms with Crippen LogP contribution in [0.15, 0.2) is 51.8 Å². The van der Waals surface area contributed by atoms with Crippen molar-refractivity contribution in [2.75, 3.05) is 7.05 Å². The number of hydrogen-bond donors (Lipinski definition) is 1. The third kappa shape index (κ3) is 4.32. The van der Waals surface area contributed by atoms with Gasteiger partial charge in [-0.3, -0.25) is 0 Å². The third-order valence-electron chi connectivity index (χ3n) is 3.43. The van der Waals surface area contributed by atoms with Gasteiger partial charge in [0.2, 0.25) is 5.95 Å². The second-order valence-corrected chi connectivity index (χ2v) is 8.18. The lowest BCUT2D eigenvalue weighted by Gasteiger charge is -2.10. The van der Waals surface area contributed by atoms with Crippen LogP contribution in [0, 0.1) is 5.95 Å². The van der Waals surface area contributed by atoms with Crippen LogP contribution in [0.4, 0.5) is 9.18 Å². The van der Waals surface area contributed by atoms with Crippen LogP contribution in [0.1, 0.15) is 4.88 Å². The molecule has 3 aromatic rings. The Balaban J connectivity index is 2.01. The summed E-state index contributed by atoms with van der Waals surface area (Å²) in [6.07, 6.45) is 1.96. The first-order valence-corrected chi connectivity index (χ1v) is 9.42. The molecule has 5 nitrogen and oxygen atoms in total. The quantitative estimate of drug-likeness (QED) is 0.582. The minimum absolute atomic E-state index is 0.215. The van der Waals surface area contributed by atoms with Crippen molar-refractivity contribution >= 4 is 40.8 Å². The maximum Gasteiger partial charge on any atom is 0.407 e. The number of nitrogens with zero attached hydrogens (tertiary/aromatic N) is 3. The van der Waals surface area contributed by atoms with Crippen LogP contribution in [0.2, 0.25) is 5.15 Å². The molecule has 0 aliphatic carbocycles. The molecule has 0 bridgehead atoms. The van der Waals surface area contributed by atoms with Crippen LogP contribution in [0.3, 0.4) is 0 Å². The van der Waals surface area contributed by atoms with Crippen LogP contribution in [0.5, 0.6) is 0 Å². The molecule has 0 radical (unpaired) electrons. The third-order valence-corrected chi connectivity index (χ3v) is 5.94. The van der Waals surface area contributed by atoms with Crippen molar-refractivity contribution in [1.82, 2.24) is 14.9 Å². The Labute approximate surface area is 162 Å². The monoisotopic (exact) mass is 409 g/mol. The van der Waals surface area contributed by atoms with Crippen molar-refractivity contribution in [1.29, 1.82) is 0 Å². The van der Waals surface area contributed by atoms with Crippen molar-refractivity contribution in [2.24, 2.45) is 0 Å². The Morgan fingerprint density at radius 1 is 1.31 bits per heavy atom. The lowest BCUT2D eigenvalue weighted by atomic mass is 10.1. The van der Waals surface area contributed by atoms with Gasteiger partial charge in [0.25, 0.3) is 0 Å². The second kappa shape index (κ2) is 8.03. The van der Waals surface area contributed by atoms with Gasteiger partial charge in [0.1, 0.15) is 5.15 Å². The number of halogens is 2. The molecule has 3 heterocycles. The maximum atomic E-state index is 14.2. The largest absolute Gasteiger partial charge is 0.465 e. The summed E-state index contributed by atoms with van der Waals surface area (Å²) >= 11 is 8.77. The summed E-state index contributed by atoms with van der Waals surface area (Å²) in [5.74, 6) is -0.571. The van der Waals surface area contributed by atoms with E-state index in [-0.39, 0.29) is 6.54 Å². The van der Waals surface area contributed by atoms with E-state index in [0.29, 0.717) is 16.3 Å². The molecule has 0 saturated carbocycles. The Hall–Kier alpha value is -2.16. The summed E-state index contributed by atoms with van der Waals surface area (Å²) in [6.45, 7) is 0.215. The smallest absolute Gasteiger partial charge is 0.407 e. The van der Waals surface area contributed by atoms with Gasteiger partial charge in [-0.05, 0) is 30.3 Å². The first kappa shape index (κ1) is 18.6. The Morgan fingerprint density at radius 2 is 2.12 bits per heavy atom. The maximum absolute atomic E-state index is 14.2. The highest BCUT2D eigenvalue weighted by molar-refractivity contribution is 8.01. The number of pyridine rings is 2. The lowest BCUT2D eigenvalue weighted by Crippen LogP contribution is -2.23. The zero-order chi connectivity index (χ0) is 18.7. The molecule has 0 atom stereocenters. The highest BCUT2D eigenvalue weighted by Gasteiger charge is 2.18. The molecule has 134 valence electrons. The van der Waals surface area contributed by atoms with E-state index in [1.165, 1.54) is 41.2 Å². The van der Waals surface area contributed by atoms with Gasteiger partial charge in [0, 0.05) is 40.3 Å². The molecule has 3 aromatic heterocycles. The zero-order valence-corrected chi connectivity index (χ0v) is 15.9. The average Bonchev–Trinajstić information content (AvgIpc) is 2.97. The normalized spacial score (nSPS) is 10.7. The molecule has 0 saturated heterocycles. The van der Waals surface area contributed by atoms with E-state index in [1.54, 1.807) is 30.5 Å². The second-order valence-electron chi connectivity index (χ2n) is 5.31. The molecule has 0 aliphatic rings. The van der Waals surface area contributed by atoms with E-state index in [2.05, 4.69) is 9.97 Å². The number of hydrogen-bond acceptors (Lipinski definition) is 5. The van der Waals surface area contributed by atoms with Crippen molar-refractivity contribution in [3.05, 3.63) is 58.7 Å². The summed E-state index contributed by atoms with van der Waals surface area (Å²) in [5.41, 5.74) is 1.04. The van der Waals surface area contributed by atoms with E-state index in [0.717, 1.165) is 14.0 Å². The molecule has 26 heavy (non-hydrogen) atoms. The van der Waals surface area contributed by atoms with Crippen molar-refractivity contribution in [2.45, 2.75) is 15.6 Å². The number of rotatable bonds is 5. The van der Waals surface area contributed by atoms with Gasteiger partial charge in [-0.1, -0.05) is 23.4 Å². The Morgan fingerprint density at radius 3 is 2.81 bits per heavy atom. The van der Waals surface area contributed by atoms with E-state index >= 15 is 0 Å². The number of carbonyl (C=O) groups is 1. The van der Waals surface area contributed by atoms with Crippen LogP contribution in [-0.2, 0) is 6.54 Å². The van der Waals surface area contributed by atoms with Gasteiger partial charge in [-0.15, -0.1) is 11.3 Å². The Kier molecular flexibility index (Phi) is 5.75. The summed E-state index contributed by atoms with van der Waals surface area (Å²) in [5, 5.41) is 9.45. The summed E-state index contributed by atoms with van der Waals surface area (Å²) in [4.78, 5) is 21.6. The molecule has 0 aliphatic heterocycles. The average molecular weight is 410 g/mol. The number of amides is 1. The van der Waals surface area contributed by atoms with Gasteiger partial charge in [0.05, 0.1) is 10.8 Å². The first-order chi connectivity index (χ1) is 12.4. The van der Waals surface area contributed by atoms with Crippen LogP contribution >= 0.6 is 34.7 Å². The van der Waals surface area contributed by atoms with E-state index in [4.69, 9.17) is 16.7 Å². The molecule has 0 spiro atoms. The first-order valence-electron chi connectivity index (χ1n) is 7.41. The van der Waals surface area contributed by atoms with Crippen LogP contribution in [-0.4, -0.2) is 33.1 Å². The molecule has 1 N–H and O–H groups in total. The fourth-order valence-electron chi connectivity index (χ4n) is 2.21. The van der Waals surface area contributed by atoms with Gasteiger partial charge in [-0.25, -0.2) is 14.8 Å². The molecule has 3 rings (SSSR count). The Bertz CT molecular complexity index is 951. The van der Waals surface area contributed by atoms with E-state index < -0.39 is 12.0 Å². The van der Waals surface area contributed by atoms with Crippen LogP contribution in [0.25, 0.3) is 11.1 Å². The standard InChI is InChI=1S/C17H13ClFN3O2S2/c1-22(17(23)24)9-11-7-13(12-3-2-5-21-15(12)19)16(26-11)25-10-4-6-20-14(18)8-10/h2-8H,9H2,1H3,(H,23,24). The van der Waals surface area contributed by atoms with Crippen molar-refractivity contribution in [3.8, 4) is 11.1 Å². The minimum Gasteiger partial charge on any atom is -0.465 e. The molecular formula is C17H13ClFN3O2S2. The van der Waals surface area contributed by atoms with Gasteiger partial charge in [0.15, 0.2) is 0 Å². The van der Waals surface area contributed by atoms with E-state index in [9.17, 15) is 9.18 Å². The van der Waals surface area contributed by atoms with Gasteiger partial charge in [-0.2, -0.15) is 4.39 Å². The number of aromatic nitrogens is 2. The molecule has 0 unspecified atom stereocenters.